The third-order valence-electron chi connectivity index (χ3n) is 3.68. The van der Waals surface area contributed by atoms with Gasteiger partial charge >= 0.3 is 0 Å². The second-order valence-electron chi connectivity index (χ2n) is 4.98. The third kappa shape index (κ3) is 4.32. The summed E-state index contributed by atoms with van der Waals surface area (Å²) in [5, 5.41) is 0. The number of hydrogen-bond donors (Lipinski definition) is 1. The van der Waals surface area contributed by atoms with Crippen LogP contribution in [-0.2, 0) is 9.53 Å². The number of benzene rings is 1. The number of ether oxygens (including phenoxy) is 1. The molecule has 2 unspecified atom stereocenters. The second-order valence-corrected chi connectivity index (χ2v) is 4.98. The normalized spacial score (nSPS) is 13.8. The molecule has 0 aromatic heterocycles. The van der Waals surface area contributed by atoms with E-state index in [1.807, 2.05) is 35.2 Å². The number of carbonyl (C=O) groups is 1. The Labute approximate surface area is 121 Å². The summed E-state index contributed by atoms with van der Waals surface area (Å²) < 4.78 is 5.11. The summed E-state index contributed by atoms with van der Waals surface area (Å²) in [7, 11) is 1.65. The standard InChI is InChI=1S/C16H26N2O2/c1-4-13(2)18(10-11-20-3)16(19)15(12-17)14-8-6-5-7-9-14/h5-9,13,15H,4,10-12,17H2,1-3H3. The van der Waals surface area contributed by atoms with Gasteiger partial charge in [0.05, 0.1) is 12.5 Å². The highest BCUT2D eigenvalue weighted by atomic mass is 16.5. The van der Waals surface area contributed by atoms with E-state index in [1.54, 1.807) is 7.11 Å². The SMILES string of the molecule is CCC(C)N(CCOC)C(=O)C(CN)c1ccccc1. The maximum Gasteiger partial charge on any atom is 0.231 e. The molecule has 4 heteroatoms. The molecule has 2 atom stereocenters. The second kappa shape index (κ2) is 8.72. The first-order valence-electron chi connectivity index (χ1n) is 7.20. The van der Waals surface area contributed by atoms with Crippen LogP contribution in [0.5, 0.6) is 0 Å². The van der Waals surface area contributed by atoms with Crippen LogP contribution in [-0.4, -0.2) is 43.7 Å². The van der Waals surface area contributed by atoms with Gasteiger partial charge in [-0.2, -0.15) is 0 Å². The monoisotopic (exact) mass is 278 g/mol. The van der Waals surface area contributed by atoms with E-state index in [4.69, 9.17) is 10.5 Å². The lowest BCUT2D eigenvalue weighted by Gasteiger charge is -2.31. The molecule has 1 amide bonds. The fourth-order valence-electron chi connectivity index (χ4n) is 2.22. The van der Waals surface area contributed by atoms with Gasteiger partial charge in [0.2, 0.25) is 5.91 Å². The Morgan fingerprint density at radius 3 is 2.50 bits per heavy atom. The molecule has 0 bridgehead atoms. The van der Waals surface area contributed by atoms with E-state index in [0.717, 1.165) is 12.0 Å². The summed E-state index contributed by atoms with van der Waals surface area (Å²) in [6, 6.07) is 9.93. The van der Waals surface area contributed by atoms with Crippen molar-refractivity contribution < 1.29 is 9.53 Å². The van der Waals surface area contributed by atoms with Gasteiger partial charge in [-0.25, -0.2) is 0 Å². The maximum atomic E-state index is 12.8. The number of nitrogens with zero attached hydrogens (tertiary/aromatic N) is 1. The summed E-state index contributed by atoms with van der Waals surface area (Å²) in [4.78, 5) is 14.7. The first-order valence-corrected chi connectivity index (χ1v) is 7.20. The van der Waals surface area contributed by atoms with E-state index in [1.165, 1.54) is 0 Å². The number of carbonyl (C=O) groups excluding carboxylic acids is 1. The highest BCUT2D eigenvalue weighted by Gasteiger charge is 2.27. The molecule has 0 spiro atoms. The minimum absolute atomic E-state index is 0.0881. The molecule has 0 saturated carbocycles. The summed E-state index contributed by atoms with van der Waals surface area (Å²) in [5.74, 6) is -0.188. The fraction of sp³-hybridized carbons (Fsp3) is 0.562. The van der Waals surface area contributed by atoms with Gasteiger partial charge in [0.25, 0.3) is 0 Å². The van der Waals surface area contributed by atoms with Crippen LogP contribution < -0.4 is 5.73 Å². The number of nitrogens with two attached hydrogens (primary N) is 1. The zero-order chi connectivity index (χ0) is 15.0. The van der Waals surface area contributed by atoms with Crippen molar-refractivity contribution in [3.63, 3.8) is 0 Å². The van der Waals surface area contributed by atoms with Gasteiger partial charge in [-0.05, 0) is 18.9 Å². The van der Waals surface area contributed by atoms with Crippen molar-refractivity contribution in [1.82, 2.24) is 4.90 Å². The van der Waals surface area contributed by atoms with E-state index >= 15 is 0 Å². The quantitative estimate of drug-likeness (QED) is 0.791. The van der Waals surface area contributed by atoms with Crippen molar-refractivity contribution in [2.45, 2.75) is 32.2 Å². The predicted octanol–water partition coefficient (Wildman–Crippen LogP) is 2.00. The highest BCUT2D eigenvalue weighted by Crippen LogP contribution is 2.19. The molecule has 4 nitrogen and oxygen atoms in total. The molecule has 2 N–H and O–H groups in total. The lowest BCUT2D eigenvalue weighted by molar-refractivity contribution is -0.135. The minimum Gasteiger partial charge on any atom is -0.383 e. The molecule has 0 aliphatic rings. The Morgan fingerprint density at radius 1 is 1.35 bits per heavy atom. The van der Waals surface area contributed by atoms with E-state index in [0.29, 0.717) is 19.7 Å². The molecule has 0 aliphatic heterocycles. The number of rotatable bonds is 8. The van der Waals surface area contributed by atoms with Crippen LogP contribution in [0, 0.1) is 0 Å². The van der Waals surface area contributed by atoms with Crippen LogP contribution in [0.15, 0.2) is 30.3 Å². The highest BCUT2D eigenvalue weighted by molar-refractivity contribution is 5.84. The number of hydrogen-bond acceptors (Lipinski definition) is 3. The topological polar surface area (TPSA) is 55.6 Å². The van der Waals surface area contributed by atoms with Crippen molar-refractivity contribution in [1.29, 1.82) is 0 Å². The first-order chi connectivity index (χ1) is 9.65. The molecule has 1 rings (SSSR count). The Morgan fingerprint density at radius 2 is 2.00 bits per heavy atom. The van der Waals surface area contributed by atoms with E-state index in [9.17, 15) is 4.79 Å². The summed E-state index contributed by atoms with van der Waals surface area (Å²) >= 11 is 0. The molecule has 0 saturated heterocycles. The average molecular weight is 278 g/mol. The van der Waals surface area contributed by atoms with Crippen molar-refractivity contribution in [2.75, 3.05) is 26.8 Å². The van der Waals surface area contributed by atoms with Crippen molar-refractivity contribution in [3.05, 3.63) is 35.9 Å². The number of amides is 1. The van der Waals surface area contributed by atoms with Gasteiger partial charge < -0.3 is 15.4 Å². The minimum atomic E-state index is -0.276. The van der Waals surface area contributed by atoms with Crippen LogP contribution in [0.2, 0.25) is 0 Å². The van der Waals surface area contributed by atoms with Crippen molar-refractivity contribution in [3.8, 4) is 0 Å². The smallest absolute Gasteiger partial charge is 0.231 e. The molecule has 0 aliphatic carbocycles. The Hall–Kier alpha value is -1.39. The van der Waals surface area contributed by atoms with Crippen LogP contribution in [0.25, 0.3) is 0 Å². The summed E-state index contributed by atoms with van der Waals surface area (Å²) in [6.45, 7) is 5.61. The zero-order valence-corrected chi connectivity index (χ0v) is 12.7. The largest absolute Gasteiger partial charge is 0.383 e. The maximum absolute atomic E-state index is 12.8. The van der Waals surface area contributed by atoms with Crippen LogP contribution in [0.4, 0.5) is 0 Å². The van der Waals surface area contributed by atoms with Crippen LogP contribution >= 0.6 is 0 Å². The van der Waals surface area contributed by atoms with Crippen molar-refractivity contribution >= 4 is 5.91 Å². The molecule has 0 fully saturated rings. The predicted molar refractivity (Wildman–Crippen MR) is 81.6 cm³/mol. The first kappa shape index (κ1) is 16.7. The third-order valence-corrected chi connectivity index (χ3v) is 3.68. The molecule has 1 aromatic carbocycles. The fourth-order valence-corrected chi connectivity index (χ4v) is 2.22. The summed E-state index contributed by atoms with van der Waals surface area (Å²) in [5.41, 5.74) is 6.81. The molecule has 20 heavy (non-hydrogen) atoms. The van der Waals surface area contributed by atoms with E-state index in [2.05, 4.69) is 13.8 Å². The van der Waals surface area contributed by atoms with Crippen LogP contribution in [0.1, 0.15) is 31.7 Å². The lowest BCUT2D eigenvalue weighted by atomic mass is 9.97. The average Bonchev–Trinajstić information content (AvgIpc) is 2.49. The van der Waals surface area contributed by atoms with Gasteiger partial charge in [-0.3, -0.25) is 4.79 Å². The molecule has 0 heterocycles. The van der Waals surface area contributed by atoms with Gasteiger partial charge in [-0.1, -0.05) is 37.3 Å². The number of methoxy groups -OCH3 is 1. The Kier molecular flexibility index (Phi) is 7.26. The molecular weight excluding hydrogens is 252 g/mol. The van der Waals surface area contributed by atoms with Crippen LogP contribution in [0.3, 0.4) is 0 Å². The molecule has 1 aromatic rings. The summed E-state index contributed by atoms with van der Waals surface area (Å²) in [6.07, 6.45) is 0.918. The Balaban J connectivity index is 2.90. The van der Waals surface area contributed by atoms with Gasteiger partial charge in [-0.15, -0.1) is 0 Å². The lowest BCUT2D eigenvalue weighted by Crippen LogP contribution is -2.44. The van der Waals surface area contributed by atoms with Gasteiger partial charge in [0, 0.05) is 26.2 Å². The van der Waals surface area contributed by atoms with Crippen molar-refractivity contribution in [2.24, 2.45) is 5.73 Å². The van der Waals surface area contributed by atoms with E-state index < -0.39 is 0 Å². The van der Waals surface area contributed by atoms with E-state index in [-0.39, 0.29) is 17.9 Å². The molecular formula is C16H26N2O2. The molecule has 0 radical (unpaired) electrons. The van der Waals surface area contributed by atoms with Gasteiger partial charge in [0.15, 0.2) is 0 Å². The molecule has 112 valence electrons. The Bertz CT molecular complexity index is 395. The zero-order valence-electron chi connectivity index (χ0n) is 12.7. The van der Waals surface area contributed by atoms with Gasteiger partial charge in [0.1, 0.15) is 0 Å².